The van der Waals surface area contributed by atoms with Gasteiger partial charge >= 0.3 is 0 Å². The van der Waals surface area contributed by atoms with Crippen molar-refractivity contribution in [3.63, 3.8) is 0 Å². The van der Waals surface area contributed by atoms with E-state index >= 15 is 0 Å². The standard InChI is InChI=1S/C21H33N3O5S/c1-5-14-24(30(4,28)29)22-20(25)19(15-16(2)3)18(21(26)23-27)13-9-12-17-10-7-6-8-11-17/h6-12,16,18-19,27H,5,13-15H2,1-4H3,(H,22,25)(H,23,26)/t18-,19+/m0/s1. The molecule has 9 heteroatoms. The molecule has 0 saturated carbocycles. The number of hydrazine groups is 1. The smallest absolute Gasteiger partial charge is 0.247 e. The second-order valence-corrected chi connectivity index (χ2v) is 9.59. The molecule has 0 unspecified atom stereocenters. The molecule has 3 N–H and O–H groups in total. The second-order valence-electron chi connectivity index (χ2n) is 7.68. The van der Waals surface area contributed by atoms with Gasteiger partial charge in [-0.25, -0.2) is 13.9 Å². The molecule has 0 saturated heterocycles. The average molecular weight is 440 g/mol. The van der Waals surface area contributed by atoms with E-state index in [1.165, 1.54) is 0 Å². The Labute approximate surface area is 179 Å². The molecule has 0 aliphatic carbocycles. The lowest BCUT2D eigenvalue weighted by Gasteiger charge is -2.28. The minimum Gasteiger partial charge on any atom is -0.289 e. The third-order valence-electron chi connectivity index (χ3n) is 4.56. The van der Waals surface area contributed by atoms with Crippen molar-refractivity contribution in [2.24, 2.45) is 17.8 Å². The van der Waals surface area contributed by atoms with Crippen LogP contribution in [-0.4, -0.2) is 42.7 Å². The zero-order valence-corrected chi connectivity index (χ0v) is 18.9. The van der Waals surface area contributed by atoms with Crippen molar-refractivity contribution in [2.75, 3.05) is 12.8 Å². The molecule has 0 aromatic heterocycles. The van der Waals surface area contributed by atoms with Gasteiger partial charge in [-0.2, -0.15) is 0 Å². The average Bonchev–Trinajstić information content (AvgIpc) is 2.68. The summed E-state index contributed by atoms with van der Waals surface area (Å²) in [5, 5.41) is 9.22. The van der Waals surface area contributed by atoms with Crippen molar-refractivity contribution in [1.82, 2.24) is 15.3 Å². The first kappa shape index (κ1) is 25.8. The topological polar surface area (TPSA) is 116 Å². The van der Waals surface area contributed by atoms with Crippen molar-refractivity contribution in [3.8, 4) is 0 Å². The van der Waals surface area contributed by atoms with Gasteiger partial charge in [-0.3, -0.25) is 20.2 Å². The monoisotopic (exact) mass is 439 g/mol. The van der Waals surface area contributed by atoms with Crippen LogP contribution < -0.4 is 10.9 Å². The van der Waals surface area contributed by atoms with Crippen LogP contribution in [0.1, 0.15) is 45.6 Å². The molecule has 2 amide bonds. The van der Waals surface area contributed by atoms with Crippen LogP contribution in [-0.2, 0) is 19.6 Å². The molecule has 0 spiro atoms. The Morgan fingerprint density at radius 3 is 2.27 bits per heavy atom. The Morgan fingerprint density at radius 1 is 1.13 bits per heavy atom. The van der Waals surface area contributed by atoms with Gasteiger partial charge in [0.1, 0.15) is 0 Å². The predicted octanol–water partition coefficient (Wildman–Crippen LogP) is 2.58. The van der Waals surface area contributed by atoms with Crippen LogP contribution >= 0.6 is 0 Å². The summed E-state index contributed by atoms with van der Waals surface area (Å²) in [4.78, 5) is 25.4. The first-order valence-electron chi connectivity index (χ1n) is 10.0. The van der Waals surface area contributed by atoms with Gasteiger partial charge in [0.25, 0.3) is 0 Å². The quantitative estimate of drug-likeness (QED) is 0.342. The maximum absolute atomic E-state index is 13.0. The number of carbonyl (C=O) groups excluding carboxylic acids is 2. The van der Waals surface area contributed by atoms with Crippen LogP contribution in [0.4, 0.5) is 0 Å². The van der Waals surface area contributed by atoms with E-state index in [-0.39, 0.29) is 18.9 Å². The van der Waals surface area contributed by atoms with Crippen molar-refractivity contribution in [3.05, 3.63) is 42.0 Å². The number of carbonyl (C=O) groups is 2. The number of allylic oxidation sites excluding steroid dienone is 1. The number of rotatable bonds is 12. The maximum atomic E-state index is 13.0. The van der Waals surface area contributed by atoms with Gasteiger partial charge in [0.2, 0.25) is 21.8 Å². The minimum absolute atomic E-state index is 0.0747. The summed E-state index contributed by atoms with van der Waals surface area (Å²) in [6.45, 7) is 5.75. The lowest BCUT2D eigenvalue weighted by Crippen LogP contribution is -2.51. The molecular weight excluding hydrogens is 406 g/mol. The summed E-state index contributed by atoms with van der Waals surface area (Å²) in [6.07, 6.45) is 5.70. The predicted molar refractivity (Wildman–Crippen MR) is 116 cm³/mol. The van der Waals surface area contributed by atoms with E-state index in [4.69, 9.17) is 0 Å². The first-order valence-corrected chi connectivity index (χ1v) is 11.9. The number of sulfonamides is 1. The van der Waals surface area contributed by atoms with E-state index in [9.17, 15) is 23.2 Å². The maximum Gasteiger partial charge on any atom is 0.247 e. The van der Waals surface area contributed by atoms with Gasteiger partial charge in [-0.1, -0.05) is 63.3 Å². The van der Waals surface area contributed by atoms with Gasteiger partial charge in [0.05, 0.1) is 18.1 Å². The van der Waals surface area contributed by atoms with Crippen molar-refractivity contribution in [1.29, 1.82) is 0 Å². The molecule has 168 valence electrons. The third-order valence-corrected chi connectivity index (χ3v) is 5.63. The molecule has 0 aliphatic heterocycles. The molecule has 0 bridgehead atoms. The van der Waals surface area contributed by atoms with Crippen LogP contribution in [0.2, 0.25) is 0 Å². The lowest BCUT2D eigenvalue weighted by atomic mass is 9.82. The molecule has 0 heterocycles. The summed E-state index contributed by atoms with van der Waals surface area (Å²) < 4.78 is 24.8. The van der Waals surface area contributed by atoms with Crippen LogP contribution in [0.5, 0.6) is 0 Å². The van der Waals surface area contributed by atoms with Gasteiger partial charge in [-0.05, 0) is 30.7 Å². The Morgan fingerprint density at radius 2 is 1.77 bits per heavy atom. The van der Waals surface area contributed by atoms with E-state index in [0.717, 1.165) is 16.2 Å². The highest BCUT2D eigenvalue weighted by atomic mass is 32.2. The van der Waals surface area contributed by atoms with Crippen molar-refractivity contribution < 1.29 is 23.2 Å². The molecule has 8 nitrogen and oxygen atoms in total. The molecule has 1 aromatic carbocycles. The molecule has 0 radical (unpaired) electrons. The number of amides is 2. The highest BCUT2D eigenvalue weighted by Gasteiger charge is 2.35. The fourth-order valence-corrected chi connectivity index (χ4v) is 3.90. The van der Waals surface area contributed by atoms with Crippen LogP contribution in [0.3, 0.4) is 0 Å². The molecule has 1 aromatic rings. The largest absolute Gasteiger partial charge is 0.289 e. The molecule has 0 fully saturated rings. The molecule has 1 rings (SSSR count). The van der Waals surface area contributed by atoms with Gasteiger partial charge in [0.15, 0.2) is 0 Å². The van der Waals surface area contributed by atoms with E-state index in [0.29, 0.717) is 12.8 Å². The van der Waals surface area contributed by atoms with Gasteiger partial charge in [0, 0.05) is 6.54 Å². The number of nitrogens with one attached hydrogen (secondary N) is 2. The summed E-state index contributed by atoms with van der Waals surface area (Å²) in [5.41, 5.74) is 5.04. The number of hydrogen-bond donors (Lipinski definition) is 3. The highest BCUT2D eigenvalue weighted by molar-refractivity contribution is 7.88. The molecule has 2 atom stereocenters. The fourth-order valence-electron chi connectivity index (χ4n) is 3.13. The number of nitrogens with zero attached hydrogens (tertiary/aromatic N) is 1. The van der Waals surface area contributed by atoms with E-state index in [1.807, 2.05) is 50.3 Å². The minimum atomic E-state index is -3.65. The summed E-state index contributed by atoms with van der Waals surface area (Å²) in [5.74, 6) is -2.86. The van der Waals surface area contributed by atoms with Crippen molar-refractivity contribution >= 4 is 27.9 Å². The lowest BCUT2D eigenvalue weighted by molar-refractivity contribution is -0.141. The molecule has 30 heavy (non-hydrogen) atoms. The molecule has 0 aliphatic rings. The normalized spacial score (nSPS) is 14.1. The highest BCUT2D eigenvalue weighted by Crippen LogP contribution is 2.25. The number of benzene rings is 1. The first-order chi connectivity index (χ1) is 14.1. The van der Waals surface area contributed by atoms with Crippen LogP contribution in [0, 0.1) is 17.8 Å². The fraction of sp³-hybridized carbons (Fsp3) is 0.524. The van der Waals surface area contributed by atoms with Gasteiger partial charge in [-0.15, -0.1) is 4.41 Å². The zero-order valence-electron chi connectivity index (χ0n) is 18.0. The Kier molecular flexibility index (Phi) is 10.7. The summed E-state index contributed by atoms with van der Waals surface area (Å²) in [7, 11) is -3.65. The van der Waals surface area contributed by atoms with E-state index < -0.39 is 33.7 Å². The Bertz CT molecular complexity index is 809. The van der Waals surface area contributed by atoms with E-state index in [2.05, 4.69) is 5.43 Å². The van der Waals surface area contributed by atoms with Crippen LogP contribution in [0.25, 0.3) is 6.08 Å². The SMILES string of the molecule is CCCN(NC(=O)[C@H](CC(C)C)[C@H](CC=Cc1ccccc1)C(=O)NO)S(C)(=O)=O. The number of hydroxylamine groups is 1. The van der Waals surface area contributed by atoms with Gasteiger partial charge < -0.3 is 0 Å². The molecular formula is C21H33N3O5S. The zero-order chi connectivity index (χ0) is 22.7. The van der Waals surface area contributed by atoms with E-state index in [1.54, 1.807) is 18.5 Å². The Balaban J connectivity index is 3.11. The van der Waals surface area contributed by atoms with Crippen molar-refractivity contribution in [2.45, 2.75) is 40.0 Å². The third kappa shape index (κ3) is 8.64. The summed E-state index contributed by atoms with van der Waals surface area (Å²) in [6, 6.07) is 9.49. The summed E-state index contributed by atoms with van der Waals surface area (Å²) >= 11 is 0. The Hall–Kier alpha value is -2.23. The van der Waals surface area contributed by atoms with Crippen LogP contribution in [0.15, 0.2) is 36.4 Å². The second kappa shape index (κ2) is 12.5. The number of hydrogen-bond acceptors (Lipinski definition) is 5.